The molecule has 16 nitrogen and oxygen atoms in total. The summed E-state index contributed by atoms with van der Waals surface area (Å²) in [6.07, 6.45) is 0.430. The molecule has 1 aliphatic heterocycles. The fourth-order valence-electron chi connectivity index (χ4n) is 6.46. The molecule has 0 aliphatic carbocycles. The first-order valence-corrected chi connectivity index (χ1v) is 21.2. The van der Waals surface area contributed by atoms with Gasteiger partial charge in [0.15, 0.2) is 0 Å². The van der Waals surface area contributed by atoms with E-state index in [0.717, 1.165) is 0 Å². The number of nitrogens with one attached hydrogen (secondary N) is 4. The maximum atomic E-state index is 14.2. The van der Waals surface area contributed by atoms with E-state index in [1.54, 1.807) is 100 Å². The maximum absolute atomic E-state index is 14.2. The molecule has 0 spiro atoms. The number of nitrogens with zero attached hydrogens (tertiary/aromatic N) is 2. The summed E-state index contributed by atoms with van der Waals surface area (Å²) in [5.74, 6) is -4.67. The van der Waals surface area contributed by atoms with E-state index in [4.69, 9.17) is 10.5 Å². The van der Waals surface area contributed by atoms with Crippen LogP contribution in [0.2, 0.25) is 0 Å². The van der Waals surface area contributed by atoms with Gasteiger partial charge < -0.3 is 36.2 Å². The van der Waals surface area contributed by atoms with Crippen molar-refractivity contribution in [3.8, 4) is 0 Å². The third-order valence-corrected chi connectivity index (χ3v) is 10.6. The lowest BCUT2D eigenvalue weighted by Crippen LogP contribution is -2.59. The van der Waals surface area contributed by atoms with Gasteiger partial charge in [-0.15, -0.1) is 0 Å². The number of amides is 5. The molecule has 0 aromatic heterocycles. The van der Waals surface area contributed by atoms with Crippen LogP contribution in [0.3, 0.4) is 0 Å². The van der Waals surface area contributed by atoms with Crippen LogP contribution in [-0.2, 0) is 56.4 Å². The van der Waals surface area contributed by atoms with Gasteiger partial charge in [0.25, 0.3) is 0 Å². The number of ether oxygens (including phenoxy) is 1. The third-order valence-electron chi connectivity index (χ3n) is 9.25. The minimum atomic E-state index is -3.84. The van der Waals surface area contributed by atoms with Crippen molar-refractivity contribution in [1.82, 2.24) is 30.5 Å². The molecule has 1 fully saturated rings. The Kier molecular flexibility index (Phi) is 17.8. The Bertz CT molecular complexity index is 1820. The second-order valence-electron chi connectivity index (χ2n) is 16.4. The predicted molar refractivity (Wildman–Crippen MR) is 219 cm³/mol. The van der Waals surface area contributed by atoms with E-state index in [1.165, 1.54) is 4.90 Å². The molecule has 5 amide bonds. The molecule has 6 N–H and O–H groups in total. The summed E-state index contributed by atoms with van der Waals surface area (Å²) in [6.45, 7) is 9.17. The number of hydrogen-bond donors (Lipinski definition) is 5. The van der Waals surface area contributed by atoms with Crippen LogP contribution in [0, 0.1) is 5.92 Å². The lowest BCUT2D eigenvalue weighted by atomic mass is 10.0. The number of hydrogen-bond acceptors (Lipinski definition) is 10. The summed E-state index contributed by atoms with van der Waals surface area (Å²) in [4.78, 5) is 84.3. The number of likely N-dealkylation sites (tertiary alicyclic amines) is 1. The van der Waals surface area contributed by atoms with Gasteiger partial charge in [0.05, 0.1) is 12.2 Å². The molecule has 320 valence electrons. The van der Waals surface area contributed by atoms with Gasteiger partial charge in [-0.25, -0.2) is 13.1 Å². The predicted octanol–water partition coefficient (Wildman–Crippen LogP) is 1.03. The zero-order chi connectivity index (χ0) is 43.2. The highest BCUT2D eigenvalue weighted by Gasteiger charge is 2.40. The van der Waals surface area contributed by atoms with Gasteiger partial charge in [0, 0.05) is 25.9 Å². The van der Waals surface area contributed by atoms with Crippen LogP contribution in [0.4, 0.5) is 0 Å². The number of rotatable bonds is 21. The molecule has 0 bridgehead atoms. The summed E-state index contributed by atoms with van der Waals surface area (Å²) in [6, 6.07) is 11.7. The first kappa shape index (κ1) is 47.5. The third kappa shape index (κ3) is 16.2. The lowest BCUT2D eigenvalue weighted by Gasteiger charge is -2.31. The number of sulfonamides is 1. The van der Waals surface area contributed by atoms with Crippen molar-refractivity contribution in [2.75, 3.05) is 32.9 Å². The van der Waals surface area contributed by atoms with Crippen LogP contribution >= 0.6 is 0 Å². The number of primary amides is 1. The topological polar surface area (TPSA) is 226 Å². The van der Waals surface area contributed by atoms with Gasteiger partial charge in [-0.2, -0.15) is 0 Å². The number of esters is 1. The SMILES string of the molecule is CC(C)C[C@H](NS(=O)(=O)CCN(C)C)C(=O)N1CCC[C@H]1C(=O)N[C@@H](Cc1ccccc1)C(=O)N[C@@H](Cc1ccccc1)C(=O)N[C@@H](CC(=O)OC(C)(C)C)C(N)=O. The lowest BCUT2D eigenvalue weighted by molar-refractivity contribution is -0.156. The summed E-state index contributed by atoms with van der Waals surface area (Å²) in [7, 11) is -0.345. The molecule has 17 heteroatoms. The van der Waals surface area contributed by atoms with E-state index < -0.39 is 87.8 Å². The molecule has 5 atom stereocenters. The van der Waals surface area contributed by atoms with Crippen molar-refractivity contribution >= 4 is 45.5 Å². The summed E-state index contributed by atoms with van der Waals surface area (Å²) in [5.41, 5.74) is 6.08. The van der Waals surface area contributed by atoms with Crippen molar-refractivity contribution in [1.29, 1.82) is 0 Å². The second-order valence-corrected chi connectivity index (χ2v) is 18.2. The molecule has 0 saturated carbocycles. The van der Waals surface area contributed by atoms with Crippen LogP contribution in [0.1, 0.15) is 71.4 Å². The highest BCUT2D eigenvalue weighted by Crippen LogP contribution is 2.22. The van der Waals surface area contributed by atoms with Gasteiger partial charge in [-0.05, 0) is 71.2 Å². The highest BCUT2D eigenvalue weighted by molar-refractivity contribution is 7.89. The molecule has 0 radical (unpaired) electrons. The van der Waals surface area contributed by atoms with Crippen molar-refractivity contribution < 1.29 is 41.9 Å². The second kappa shape index (κ2) is 21.8. The monoisotopic (exact) mass is 827 g/mol. The van der Waals surface area contributed by atoms with Gasteiger partial charge in [-0.3, -0.25) is 28.8 Å². The fraction of sp³-hybridized carbons (Fsp3) is 0.561. The molecule has 0 unspecified atom stereocenters. The number of carbonyl (C=O) groups is 6. The normalized spacial score (nSPS) is 16.6. The van der Waals surface area contributed by atoms with Gasteiger partial charge in [-0.1, -0.05) is 74.5 Å². The fourth-order valence-corrected chi connectivity index (χ4v) is 7.81. The van der Waals surface area contributed by atoms with E-state index in [-0.39, 0.29) is 50.4 Å². The summed E-state index contributed by atoms with van der Waals surface area (Å²) in [5, 5.41) is 8.05. The molecule has 1 saturated heterocycles. The average molecular weight is 828 g/mol. The molecular weight excluding hydrogens is 767 g/mol. The Labute approximate surface area is 342 Å². The standard InChI is InChI=1S/C41H61N7O9S/c1-27(2)23-33(46-58(55,56)22-21-47(6)7)40(54)48-20-14-19-34(48)39(53)45-32(25-29-17-12-9-13-18-29)38(52)44-31(24-28-15-10-8-11-16-28)37(51)43-30(36(42)50)26-35(49)57-41(3,4)5/h8-13,15-18,27,30-34,46H,14,19-26H2,1-7H3,(H2,42,50)(H,43,51)(H,44,52)(H,45,53)/t30-,31-,32-,33-,34-/m0/s1. The zero-order valence-corrected chi connectivity index (χ0v) is 35.5. The van der Waals surface area contributed by atoms with Crippen LogP contribution < -0.4 is 26.4 Å². The Morgan fingerprint density at radius 3 is 1.83 bits per heavy atom. The zero-order valence-electron chi connectivity index (χ0n) is 34.7. The largest absolute Gasteiger partial charge is 0.460 e. The Hall–Kier alpha value is -4.87. The highest BCUT2D eigenvalue weighted by atomic mass is 32.2. The van der Waals surface area contributed by atoms with Crippen LogP contribution in [0.25, 0.3) is 0 Å². The summed E-state index contributed by atoms with van der Waals surface area (Å²) < 4.78 is 33.9. The average Bonchev–Trinajstić information content (AvgIpc) is 3.63. The Morgan fingerprint density at radius 2 is 1.34 bits per heavy atom. The Morgan fingerprint density at radius 1 is 0.828 bits per heavy atom. The first-order valence-electron chi connectivity index (χ1n) is 19.6. The number of benzene rings is 2. The molecule has 1 heterocycles. The number of nitrogens with two attached hydrogens (primary N) is 1. The molecule has 58 heavy (non-hydrogen) atoms. The molecular formula is C41H61N7O9S. The summed E-state index contributed by atoms with van der Waals surface area (Å²) >= 11 is 0. The van der Waals surface area contributed by atoms with Crippen LogP contribution in [0.15, 0.2) is 60.7 Å². The van der Waals surface area contributed by atoms with Crippen LogP contribution in [-0.4, -0.2) is 122 Å². The molecule has 2 aromatic rings. The molecule has 2 aromatic carbocycles. The van der Waals surface area contributed by atoms with Crippen LogP contribution in [0.5, 0.6) is 0 Å². The van der Waals surface area contributed by atoms with Crippen molar-refractivity contribution in [2.45, 2.75) is 109 Å². The van der Waals surface area contributed by atoms with E-state index in [9.17, 15) is 37.2 Å². The smallest absolute Gasteiger partial charge is 0.308 e. The quantitative estimate of drug-likeness (QED) is 0.112. The van der Waals surface area contributed by atoms with Crippen molar-refractivity contribution in [3.05, 3.63) is 71.8 Å². The van der Waals surface area contributed by atoms with Gasteiger partial charge in [0.2, 0.25) is 39.6 Å². The van der Waals surface area contributed by atoms with Gasteiger partial charge >= 0.3 is 5.97 Å². The van der Waals surface area contributed by atoms with Gasteiger partial charge in [0.1, 0.15) is 35.8 Å². The van der Waals surface area contributed by atoms with Crippen molar-refractivity contribution in [2.24, 2.45) is 11.7 Å². The number of carbonyl (C=O) groups excluding carboxylic acids is 6. The maximum Gasteiger partial charge on any atom is 0.308 e. The van der Waals surface area contributed by atoms with E-state index in [0.29, 0.717) is 17.5 Å². The van der Waals surface area contributed by atoms with E-state index >= 15 is 0 Å². The Balaban J connectivity index is 1.89. The van der Waals surface area contributed by atoms with E-state index in [2.05, 4.69) is 20.7 Å². The van der Waals surface area contributed by atoms with Crippen molar-refractivity contribution in [3.63, 3.8) is 0 Å². The first-order chi connectivity index (χ1) is 27.1. The molecule has 1 aliphatic rings. The minimum Gasteiger partial charge on any atom is -0.460 e. The minimum absolute atomic E-state index is 0.0168. The van der Waals surface area contributed by atoms with E-state index in [1.807, 2.05) is 13.8 Å². The molecule has 3 rings (SSSR count).